The molecule has 0 fully saturated rings. The average molecular weight is 717 g/mol. The number of carboxylic acid groups (broad SMARTS) is 2. The lowest BCUT2D eigenvalue weighted by Crippen LogP contribution is -2.50. The fourth-order valence-corrected chi connectivity index (χ4v) is 8.18. The third kappa shape index (κ3) is 27.5. The summed E-state index contributed by atoms with van der Waals surface area (Å²) in [6.07, 6.45) is 31.1. The van der Waals surface area contributed by atoms with Crippen molar-refractivity contribution in [1.29, 1.82) is 0 Å². The van der Waals surface area contributed by atoms with Crippen LogP contribution in [0.5, 0.6) is 0 Å². The molecule has 0 heterocycles. The maximum absolute atomic E-state index is 13.3. The second kappa shape index (κ2) is 34.2. The summed E-state index contributed by atoms with van der Waals surface area (Å²) >= 11 is 0. The molecule has 0 aromatic carbocycles. The van der Waals surface area contributed by atoms with Crippen molar-refractivity contribution < 1.29 is 29.4 Å². The molecule has 0 aliphatic heterocycles. The quantitative estimate of drug-likeness (QED) is 0.0427. The normalized spacial score (nSPS) is 12.6. The minimum atomic E-state index is -1.28. The van der Waals surface area contributed by atoms with Crippen molar-refractivity contribution in [2.45, 2.75) is 206 Å². The van der Waals surface area contributed by atoms with E-state index < -0.39 is 35.8 Å². The molecule has 0 aromatic heterocycles. The van der Waals surface area contributed by atoms with Crippen molar-refractivity contribution in [3.8, 4) is 0 Å². The van der Waals surface area contributed by atoms with E-state index >= 15 is 0 Å². The first-order valence-corrected chi connectivity index (χ1v) is 22.0. The van der Waals surface area contributed by atoms with E-state index in [0.29, 0.717) is 12.8 Å². The molecule has 2 amide bonds. The predicted molar refractivity (Wildman–Crippen MR) is 204 cm³/mol. The monoisotopic (exact) mass is 716 g/mol. The molecule has 0 rings (SSSR count). The van der Waals surface area contributed by atoms with Gasteiger partial charge in [-0.3, -0.25) is 19.3 Å². The Kier molecular flexibility index (Phi) is 33.3. The summed E-state index contributed by atoms with van der Waals surface area (Å²) in [6.45, 7) is 4.48. The molecule has 2 atom stereocenters. The molecule has 0 radical (unpaired) electrons. The van der Waals surface area contributed by atoms with Crippen LogP contribution in [0.3, 0.4) is 0 Å². The fourth-order valence-electron chi connectivity index (χ4n) is 5.88. The van der Waals surface area contributed by atoms with Gasteiger partial charge in [-0.1, -0.05) is 190 Å². The zero-order valence-electron chi connectivity index (χ0n) is 30.7. The molecule has 282 valence electrons. The third-order valence-electron chi connectivity index (χ3n) is 9.00. The van der Waals surface area contributed by atoms with Gasteiger partial charge in [0.15, 0.2) is 0 Å². The Morgan fingerprint density at radius 2 is 0.771 bits per heavy atom. The van der Waals surface area contributed by atoms with Crippen LogP contribution in [-0.4, -0.2) is 62.5 Å². The highest BCUT2D eigenvalue weighted by atomic mass is 33.1. The van der Waals surface area contributed by atoms with Gasteiger partial charge >= 0.3 is 11.9 Å². The average Bonchev–Trinajstić information content (AvgIpc) is 3.06. The third-order valence-corrected chi connectivity index (χ3v) is 11.4. The van der Waals surface area contributed by atoms with Crippen LogP contribution >= 0.6 is 21.6 Å². The SMILES string of the molecule is CCCCCCCCCCCCCCCC(=O)N(C(=O)CCCCCCCCCCCCCCC)[C@@H](CSSC[C@H](N)C(=O)O)C(=O)O. The van der Waals surface area contributed by atoms with Gasteiger partial charge in [0, 0.05) is 24.3 Å². The van der Waals surface area contributed by atoms with Crippen molar-refractivity contribution in [1.82, 2.24) is 4.90 Å². The highest BCUT2D eigenvalue weighted by molar-refractivity contribution is 8.76. The van der Waals surface area contributed by atoms with Crippen LogP contribution in [0.1, 0.15) is 194 Å². The molecule has 0 aromatic rings. The first-order chi connectivity index (χ1) is 23.3. The molecular weight excluding hydrogens is 645 g/mol. The Morgan fingerprint density at radius 1 is 0.479 bits per heavy atom. The molecule has 0 spiro atoms. The van der Waals surface area contributed by atoms with Crippen molar-refractivity contribution in [3.05, 3.63) is 0 Å². The van der Waals surface area contributed by atoms with E-state index in [-0.39, 0.29) is 24.3 Å². The summed E-state index contributed by atoms with van der Waals surface area (Å²) < 4.78 is 0. The minimum Gasteiger partial charge on any atom is -0.480 e. The van der Waals surface area contributed by atoms with E-state index in [9.17, 15) is 24.3 Å². The Morgan fingerprint density at radius 3 is 1.06 bits per heavy atom. The number of imide groups is 1. The van der Waals surface area contributed by atoms with Gasteiger partial charge in [-0.15, -0.1) is 0 Å². The minimum absolute atomic E-state index is 0.0129. The summed E-state index contributed by atoms with van der Waals surface area (Å²) in [5.41, 5.74) is 5.56. The molecule has 8 nitrogen and oxygen atoms in total. The number of amides is 2. The molecule has 48 heavy (non-hydrogen) atoms. The molecular formula is C38H72N2O6S2. The number of unbranched alkanes of at least 4 members (excludes halogenated alkanes) is 24. The summed E-state index contributed by atoms with van der Waals surface area (Å²) in [4.78, 5) is 50.9. The van der Waals surface area contributed by atoms with Crippen LogP contribution in [0.4, 0.5) is 0 Å². The number of nitrogens with two attached hydrogens (primary N) is 1. The molecule has 0 bridgehead atoms. The van der Waals surface area contributed by atoms with Gasteiger partial charge in [0.1, 0.15) is 12.1 Å². The van der Waals surface area contributed by atoms with Crippen LogP contribution in [0.15, 0.2) is 0 Å². The summed E-state index contributed by atoms with van der Waals surface area (Å²) in [5, 5.41) is 19.0. The second-order valence-corrected chi connectivity index (χ2v) is 16.1. The molecule has 0 aliphatic carbocycles. The van der Waals surface area contributed by atoms with E-state index in [0.717, 1.165) is 65.0 Å². The zero-order valence-corrected chi connectivity index (χ0v) is 32.4. The predicted octanol–water partition coefficient (Wildman–Crippen LogP) is 10.6. The van der Waals surface area contributed by atoms with Gasteiger partial charge < -0.3 is 15.9 Å². The Bertz CT molecular complexity index is 774. The van der Waals surface area contributed by atoms with Crippen molar-refractivity contribution in [3.63, 3.8) is 0 Å². The number of carboxylic acids is 2. The van der Waals surface area contributed by atoms with Crippen LogP contribution < -0.4 is 5.73 Å². The van der Waals surface area contributed by atoms with Crippen LogP contribution in [0.2, 0.25) is 0 Å². The maximum Gasteiger partial charge on any atom is 0.327 e. The van der Waals surface area contributed by atoms with E-state index in [1.54, 1.807) is 0 Å². The van der Waals surface area contributed by atoms with Crippen LogP contribution in [0.25, 0.3) is 0 Å². The van der Waals surface area contributed by atoms with Crippen LogP contribution in [-0.2, 0) is 19.2 Å². The molecule has 10 heteroatoms. The first-order valence-electron chi connectivity index (χ1n) is 19.6. The summed E-state index contributed by atoms with van der Waals surface area (Å²) in [6, 6.07) is -2.34. The number of hydrogen-bond acceptors (Lipinski definition) is 7. The summed E-state index contributed by atoms with van der Waals surface area (Å²) in [5.74, 6) is -3.09. The van der Waals surface area contributed by atoms with Gasteiger partial charge in [0.2, 0.25) is 11.8 Å². The van der Waals surface area contributed by atoms with Crippen molar-refractivity contribution in [2.24, 2.45) is 5.73 Å². The first kappa shape index (κ1) is 46.7. The Balaban J connectivity index is 4.64. The number of carbonyl (C=O) groups is 4. The summed E-state index contributed by atoms with van der Waals surface area (Å²) in [7, 11) is 2.29. The molecule has 4 N–H and O–H groups in total. The Labute approximate surface area is 301 Å². The number of rotatable bonds is 36. The number of carbonyl (C=O) groups excluding carboxylic acids is 2. The number of aliphatic carboxylic acids is 2. The smallest absolute Gasteiger partial charge is 0.327 e. The fraction of sp³-hybridized carbons (Fsp3) is 0.895. The van der Waals surface area contributed by atoms with Gasteiger partial charge in [0.05, 0.1) is 0 Å². The van der Waals surface area contributed by atoms with Crippen molar-refractivity contribution >= 4 is 45.3 Å². The van der Waals surface area contributed by atoms with Gasteiger partial charge in [0.25, 0.3) is 0 Å². The highest BCUT2D eigenvalue weighted by Crippen LogP contribution is 2.26. The lowest BCUT2D eigenvalue weighted by atomic mass is 10.0. The van der Waals surface area contributed by atoms with Gasteiger partial charge in [-0.25, -0.2) is 4.79 Å². The number of hydrogen-bond donors (Lipinski definition) is 3. The standard InChI is InChI=1S/C38H72N2O6S2/c1-3-5-7-9-11-13-15-17-19-21-23-25-27-29-35(41)40(34(38(45)46)32-48-47-31-33(39)37(43)44)36(42)30-28-26-24-22-20-18-16-14-12-10-8-6-4-2/h33-34H,3-32,39H2,1-2H3,(H,43,44)(H,45,46)/t33-,34-/m0/s1. The lowest BCUT2D eigenvalue weighted by molar-refractivity contribution is -0.157. The van der Waals surface area contributed by atoms with Crippen LogP contribution in [0, 0.1) is 0 Å². The second-order valence-electron chi connectivity index (χ2n) is 13.5. The van der Waals surface area contributed by atoms with Gasteiger partial charge in [-0.2, -0.15) is 0 Å². The maximum atomic E-state index is 13.3. The lowest BCUT2D eigenvalue weighted by Gasteiger charge is -2.27. The molecule has 0 saturated heterocycles. The molecule has 0 aliphatic rings. The molecule has 0 saturated carbocycles. The van der Waals surface area contributed by atoms with E-state index in [1.807, 2.05) is 0 Å². The van der Waals surface area contributed by atoms with E-state index in [4.69, 9.17) is 10.8 Å². The largest absolute Gasteiger partial charge is 0.480 e. The molecule has 0 unspecified atom stereocenters. The zero-order chi connectivity index (χ0) is 35.7. The highest BCUT2D eigenvalue weighted by Gasteiger charge is 2.34. The van der Waals surface area contributed by atoms with Crippen molar-refractivity contribution in [2.75, 3.05) is 11.5 Å². The van der Waals surface area contributed by atoms with E-state index in [1.165, 1.54) is 116 Å². The Hall–Kier alpha value is -1.26. The van der Waals surface area contributed by atoms with Gasteiger partial charge in [-0.05, 0) is 12.8 Å². The number of nitrogens with zero attached hydrogens (tertiary/aromatic N) is 1. The topological polar surface area (TPSA) is 138 Å². The van der Waals surface area contributed by atoms with E-state index in [2.05, 4.69) is 13.8 Å².